The summed E-state index contributed by atoms with van der Waals surface area (Å²) in [5, 5.41) is 3.31. The second-order valence-electron chi connectivity index (χ2n) is 4.57. The van der Waals surface area contributed by atoms with Gasteiger partial charge < -0.3 is 11.1 Å². The molecule has 2 rings (SSSR count). The number of nitrogens with one attached hydrogen (secondary N) is 1. The first kappa shape index (κ1) is 14.9. The number of anilines is 1. The normalized spacial score (nSPS) is 12.3. The summed E-state index contributed by atoms with van der Waals surface area (Å²) < 4.78 is 14.8. The van der Waals surface area contributed by atoms with Gasteiger partial charge in [-0.25, -0.2) is 9.37 Å². The Morgan fingerprint density at radius 2 is 2.15 bits per heavy atom. The highest BCUT2D eigenvalue weighted by molar-refractivity contribution is 9.10. The van der Waals surface area contributed by atoms with Crippen molar-refractivity contribution in [3.63, 3.8) is 0 Å². The monoisotopic (exact) mass is 337 g/mol. The molecule has 0 aliphatic carbocycles. The second kappa shape index (κ2) is 6.81. The summed E-state index contributed by atoms with van der Waals surface area (Å²) in [5.41, 5.74) is 7.38. The predicted octanol–water partition coefficient (Wildman–Crippen LogP) is 3.46. The first-order chi connectivity index (χ1) is 9.60. The molecule has 1 unspecified atom stereocenters. The highest BCUT2D eigenvalue weighted by atomic mass is 79.9. The Morgan fingerprint density at radius 1 is 1.35 bits per heavy atom. The fraction of sp³-hybridized carbons (Fsp3) is 0.267. The smallest absolute Gasteiger partial charge is 0.129 e. The van der Waals surface area contributed by atoms with Crippen LogP contribution in [0.3, 0.4) is 0 Å². The van der Waals surface area contributed by atoms with Gasteiger partial charge in [0.15, 0.2) is 0 Å². The molecule has 20 heavy (non-hydrogen) atoms. The average molecular weight is 338 g/mol. The molecule has 5 heteroatoms. The van der Waals surface area contributed by atoms with Crippen LogP contribution in [0.25, 0.3) is 0 Å². The first-order valence-corrected chi connectivity index (χ1v) is 7.28. The van der Waals surface area contributed by atoms with Gasteiger partial charge in [-0.2, -0.15) is 0 Å². The summed E-state index contributed by atoms with van der Waals surface area (Å²) in [6.45, 7) is 2.77. The summed E-state index contributed by atoms with van der Waals surface area (Å²) >= 11 is 3.28. The molecule has 1 heterocycles. The van der Waals surface area contributed by atoms with Gasteiger partial charge in [0.1, 0.15) is 11.6 Å². The zero-order chi connectivity index (χ0) is 14.5. The molecular formula is C15H17BrFN3. The number of nitrogen functional groups attached to an aromatic ring is 1. The molecule has 106 valence electrons. The molecule has 1 aromatic carbocycles. The summed E-state index contributed by atoms with van der Waals surface area (Å²) in [5.74, 6) is 0.265. The number of hydrogen-bond donors (Lipinski definition) is 2. The third-order valence-electron chi connectivity index (χ3n) is 3.07. The summed E-state index contributed by atoms with van der Waals surface area (Å²) in [7, 11) is 0. The molecule has 0 aliphatic heterocycles. The van der Waals surface area contributed by atoms with Crippen LogP contribution in [0.2, 0.25) is 0 Å². The van der Waals surface area contributed by atoms with Crippen LogP contribution in [0, 0.1) is 5.82 Å². The molecule has 0 amide bonds. The maximum Gasteiger partial charge on any atom is 0.129 e. The van der Waals surface area contributed by atoms with Crippen molar-refractivity contribution >= 4 is 21.7 Å². The van der Waals surface area contributed by atoms with Crippen molar-refractivity contribution in [2.75, 3.05) is 12.3 Å². The van der Waals surface area contributed by atoms with E-state index >= 15 is 0 Å². The number of hydrogen-bond acceptors (Lipinski definition) is 3. The van der Waals surface area contributed by atoms with Gasteiger partial charge in [-0.1, -0.05) is 28.9 Å². The van der Waals surface area contributed by atoms with Crippen LogP contribution in [0.5, 0.6) is 0 Å². The maximum absolute atomic E-state index is 14.1. The molecule has 0 radical (unpaired) electrons. The number of nitrogens with two attached hydrogens (primary N) is 1. The third-order valence-corrected chi connectivity index (χ3v) is 3.57. The number of rotatable bonds is 5. The second-order valence-corrected chi connectivity index (χ2v) is 5.48. The minimum atomic E-state index is -0.215. The Morgan fingerprint density at radius 3 is 2.80 bits per heavy atom. The van der Waals surface area contributed by atoms with Gasteiger partial charge in [-0.3, -0.25) is 0 Å². The molecule has 2 aromatic rings. The highest BCUT2D eigenvalue weighted by Crippen LogP contribution is 2.24. The van der Waals surface area contributed by atoms with Crippen LogP contribution in [-0.2, 0) is 6.42 Å². The predicted molar refractivity (Wildman–Crippen MR) is 82.9 cm³/mol. The number of nitrogens with zero attached hydrogens (tertiary/aromatic N) is 1. The van der Waals surface area contributed by atoms with Crippen LogP contribution in [0.4, 0.5) is 10.2 Å². The Hall–Kier alpha value is -1.46. The average Bonchev–Trinajstić information content (AvgIpc) is 2.38. The summed E-state index contributed by atoms with van der Waals surface area (Å²) in [4.78, 5) is 3.97. The molecule has 0 aliphatic rings. The van der Waals surface area contributed by atoms with Crippen LogP contribution in [-0.4, -0.2) is 11.5 Å². The molecule has 3 N–H and O–H groups in total. The van der Waals surface area contributed by atoms with E-state index in [0.717, 1.165) is 16.6 Å². The Labute approximate surface area is 126 Å². The lowest BCUT2D eigenvalue weighted by Crippen LogP contribution is -2.24. The number of benzene rings is 1. The van der Waals surface area contributed by atoms with E-state index in [-0.39, 0.29) is 11.9 Å². The van der Waals surface area contributed by atoms with Gasteiger partial charge in [0, 0.05) is 22.3 Å². The van der Waals surface area contributed by atoms with Gasteiger partial charge >= 0.3 is 0 Å². The van der Waals surface area contributed by atoms with Crippen molar-refractivity contribution in [2.45, 2.75) is 19.4 Å². The highest BCUT2D eigenvalue weighted by Gasteiger charge is 2.16. The lowest BCUT2D eigenvalue weighted by Gasteiger charge is -2.19. The molecule has 3 nitrogen and oxygen atoms in total. The van der Waals surface area contributed by atoms with E-state index in [0.29, 0.717) is 17.8 Å². The fourth-order valence-corrected chi connectivity index (χ4v) is 2.51. The number of aromatic nitrogens is 1. The van der Waals surface area contributed by atoms with Crippen molar-refractivity contribution in [3.05, 3.63) is 57.9 Å². The van der Waals surface area contributed by atoms with Gasteiger partial charge in [0.05, 0.1) is 0 Å². The van der Waals surface area contributed by atoms with Crippen LogP contribution < -0.4 is 11.1 Å². The van der Waals surface area contributed by atoms with E-state index in [1.54, 1.807) is 12.3 Å². The lowest BCUT2D eigenvalue weighted by atomic mass is 9.99. The number of halogens is 2. The van der Waals surface area contributed by atoms with Crippen molar-refractivity contribution in [1.82, 2.24) is 10.3 Å². The lowest BCUT2D eigenvalue weighted by molar-refractivity contribution is 0.509. The van der Waals surface area contributed by atoms with Crippen LogP contribution in [0.1, 0.15) is 24.1 Å². The van der Waals surface area contributed by atoms with Crippen LogP contribution >= 0.6 is 15.9 Å². The summed E-state index contributed by atoms with van der Waals surface area (Å²) in [6.07, 6.45) is 2.34. The fourth-order valence-electron chi connectivity index (χ4n) is 2.18. The minimum absolute atomic E-state index is 0.0881. The Bertz CT molecular complexity index is 589. The largest absolute Gasteiger partial charge is 0.384 e. The molecule has 1 atom stereocenters. The van der Waals surface area contributed by atoms with Gasteiger partial charge in [0.25, 0.3) is 0 Å². The van der Waals surface area contributed by atoms with E-state index in [2.05, 4.69) is 26.2 Å². The number of pyridine rings is 1. The zero-order valence-electron chi connectivity index (χ0n) is 11.2. The third kappa shape index (κ3) is 3.77. The SMILES string of the molecule is CCNC(Cc1ccnc(N)c1)c1ccc(Br)cc1F. The van der Waals surface area contributed by atoms with E-state index < -0.39 is 0 Å². The van der Waals surface area contributed by atoms with Crippen molar-refractivity contribution in [3.8, 4) is 0 Å². The van der Waals surface area contributed by atoms with Crippen molar-refractivity contribution in [1.29, 1.82) is 0 Å². The molecule has 0 spiro atoms. The van der Waals surface area contributed by atoms with E-state index in [1.165, 1.54) is 6.07 Å². The topological polar surface area (TPSA) is 50.9 Å². The molecule has 0 fully saturated rings. The van der Waals surface area contributed by atoms with E-state index in [9.17, 15) is 4.39 Å². The van der Waals surface area contributed by atoms with Gasteiger partial charge in [-0.05, 0) is 42.8 Å². The van der Waals surface area contributed by atoms with E-state index in [1.807, 2.05) is 25.1 Å². The summed E-state index contributed by atoms with van der Waals surface area (Å²) in [6, 6.07) is 8.77. The Balaban J connectivity index is 2.26. The molecule has 1 aromatic heterocycles. The Kier molecular flexibility index (Phi) is 5.09. The van der Waals surface area contributed by atoms with Gasteiger partial charge in [-0.15, -0.1) is 0 Å². The van der Waals surface area contributed by atoms with Crippen molar-refractivity contribution in [2.24, 2.45) is 0 Å². The zero-order valence-corrected chi connectivity index (χ0v) is 12.8. The quantitative estimate of drug-likeness (QED) is 0.878. The minimum Gasteiger partial charge on any atom is -0.384 e. The molecule has 0 saturated heterocycles. The van der Waals surface area contributed by atoms with E-state index in [4.69, 9.17) is 5.73 Å². The standard InChI is InChI=1S/C15H17BrFN3/c1-2-19-14(7-10-5-6-20-15(18)8-10)12-4-3-11(16)9-13(12)17/h3-6,8-9,14,19H,2,7H2,1H3,(H2,18,20). The molecule has 0 bridgehead atoms. The molecular weight excluding hydrogens is 321 g/mol. The first-order valence-electron chi connectivity index (χ1n) is 6.49. The van der Waals surface area contributed by atoms with Crippen molar-refractivity contribution < 1.29 is 4.39 Å². The van der Waals surface area contributed by atoms with Crippen LogP contribution in [0.15, 0.2) is 41.0 Å². The maximum atomic E-state index is 14.1. The van der Waals surface area contributed by atoms with Gasteiger partial charge in [0.2, 0.25) is 0 Å². The number of likely N-dealkylation sites (N-methyl/N-ethyl adjacent to an activating group) is 1. The molecule has 0 saturated carbocycles.